The van der Waals surface area contributed by atoms with Crippen LogP contribution in [0.25, 0.3) is 0 Å². The van der Waals surface area contributed by atoms with Crippen LogP contribution in [0.2, 0.25) is 20.1 Å². The molecule has 29 heavy (non-hydrogen) atoms. The van der Waals surface area contributed by atoms with Gasteiger partial charge in [-0.1, -0.05) is 52.5 Å². The van der Waals surface area contributed by atoms with Crippen LogP contribution in [0.5, 0.6) is 0 Å². The molecule has 0 saturated carbocycles. The fourth-order valence-corrected chi connectivity index (χ4v) is 3.34. The summed E-state index contributed by atoms with van der Waals surface area (Å²) in [5.41, 5.74) is 1.06. The number of anilines is 1. The molecule has 0 radical (unpaired) electrons. The van der Waals surface area contributed by atoms with Crippen LogP contribution in [-0.2, 0) is 17.9 Å². The van der Waals surface area contributed by atoms with Crippen molar-refractivity contribution < 1.29 is 9.72 Å². The first kappa shape index (κ1) is 21.4. The Kier molecular flexibility index (Phi) is 6.33. The molecule has 0 aliphatic carbocycles. The minimum Gasteiger partial charge on any atom is -0.358 e. The highest BCUT2D eigenvalue weighted by Gasteiger charge is 2.25. The first-order valence-electron chi connectivity index (χ1n) is 7.99. The number of nitro groups is 1. The second-order valence-electron chi connectivity index (χ2n) is 5.94. The summed E-state index contributed by atoms with van der Waals surface area (Å²) >= 11 is 24.0. The van der Waals surface area contributed by atoms with Crippen LogP contribution in [0.3, 0.4) is 0 Å². The molecule has 0 aliphatic heterocycles. The highest BCUT2D eigenvalue weighted by atomic mass is 35.5. The number of rotatable bonds is 6. The molecule has 152 valence electrons. The van der Waals surface area contributed by atoms with Gasteiger partial charge >= 0.3 is 5.82 Å². The van der Waals surface area contributed by atoms with Crippen molar-refractivity contribution >= 4 is 63.9 Å². The van der Waals surface area contributed by atoms with E-state index in [1.165, 1.54) is 17.8 Å². The number of aromatic nitrogens is 4. The number of hydrogen-bond donors (Lipinski definition) is 1. The standard InChI is InChI=1S/C16H12Cl4N6O3/c1-8-14(20)16(26(28)29)23-25(8)7-13(27)21-15-12(19)6-24(22-15)5-9-2-3-10(17)4-11(9)18/h2-4,6H,5,7H2,1H3,(H,21,22,27). The normalized spacial score (nSPS) is 10.9. The van der Waals surface area contributed by atoms with E-state index in [-0.39, 0.29) is 22.4 Å². The zero-order valence-corrected chi connectivity index (χ0v) is 17.7. The molecule has 1 amide bonds. The molecule has 3 aromatic rings. The van der Waals surface area contributed by atoms with Crippen molar-refractivity contribution in [3.63, 3.8) is 0 Å². The van der Waals surface area contributed by atoms with Gasteiger partial charge in [-0.3, -0.25) is 9.48 Å². The molecule has 0 bridgehead atoms. The van der Waals surface area contributed by atoms with Gasteiger partial charge in [0.25, 0.3) is 0 Å². The Balaban J connectivity index is 1.72. The number of halogens is 4. The van der Waals surface area contributed by atoms with Gasteiger partial charge in [0.05, 0.1) is 17.3 Å². The van der Waals surface area contributed by atoms with Crippen LogP contribution < -0.4 is 5.32 Å². The van der Waals surface area contributed by atoms with Gasteiger partial charge in [-0.25, -0.2) is 0 Å². The van der Waals surface area contributed by atoms with Crippen LogP contribution in [0.4, 0.5) is 11.6 Å². The fourth-order valence-electron chi connectivity index (χ4n) is 2.47. The monoisotopic (exact) mass is 476 g/mol. The summed E-state index contributed by atoms with van der Waals surface area (Å²) in [6.45, 7) is 1.53. The Morgan fingerprint density at radius 2 is 1.93 bits per heavy atom. The first-order valence-corrected chi connectivity index (χ1v) is 9.51. The first-order chi connectivity index (χ1) is 13.7. The van der Waals surface area contributed by atoms with Gasteiger partial charge in [0.15, 0.2) is 10.8 Å². The van der Waals surface area contributed by atoms with Crippen molar-refractivity contribution in [3.8, 4) is 0 Å². The molecule has 0 atom stereocenters. The Bertz CT molecular complexity index is 1110. The third kappa shape index (κ3) is 4.81. The molecule has 0 aliphatic rings. The van der Waals surface area contributed by atoms with Crippen molar-refractivity contribution in [2.75, 3.05) is 5.32 Å². The highest BCUT2D eigenvalue weighted by Crippen LogP contribution is 2.27. The molecule has 1 aromatic carbocycles. The van der Waals surface area contributed by atoms with E-state index < -0.39 is 16.6 Å². The van der Waals surface area contributed by atoms with E-state index in [0.29, 0.717) is 22.3 Å². The fraction of sp³-hybridized carbons (Fsp3) is 0.188. The summed E-state index contributed by atoms with van der Waals surface area (Å²) in [7, 11) is 0. The summed E-state index contributed by atoms with van der Waals surface area (Å²) in [5, 5.41) is 22.5. The number of hydrogen-bond acceptors (Lipinski definition) is 5. The maximum Gasteiger partial charge on any atom is 0.408 e. The van der Waals surface area contributed by atoms with Gasteiger partial charge in [0.2, 0.25) is 5.91 Å². The van der Waals surface area contributed by atoms with E-state index >= 15 is 0 Å². The molecule has 3 rings (SSSR count). The molecular weight excluding hydrogens is 466 g/mol. The number of amides is 1. The molecule has 0 unspecified atom stereocenters. The lowest BCUT2D eigenvalue weighted by Gasteiger charge is -2.05. The van der Waals surface area contributed by atoms with Crippen LogP contribution >= 0.6 is 46.4 Å². The van der Waals surface area contributed by atoms with Crippen molar-refractivity contribution in [2.24, 2.45) is 0 Å². The van der Waals surface area contributed by atoms with Crippen LogP contribution in [0.1, 0.15) is 11.3 Å². The lowest BCUT2D eigenvalue weighted by molar-refractivity contribution is -0.389. The maximum absolute atomic E-state index is 12.3. The second-order valence-corrected chi connectivity index (χ2v) is 7.57. The minimum absolute atomic E-state index is 0.120. The van der Waals surface area contributed by atoms with E-state index in [4.69, 9.17) is 46.4 Å². The van der Waals surface area contributed by atoms with Crippen molar-refractivity contribution in [1.29, 1.82) is 0 Å². The Hall–Kier alpha value is -2.33. The molecular formula is C16H12Cl4N6O3. The van der Waals surface area contributed by atoms with E-state index in [1.807, 2.05) is 0 Å². The lowest BCUT2D eigenvalue weighted by Crippen LogP contribution is -2.21. The zero-order valence-electron chi connectivity index (χ0n) is 14.7. The molecule has 9 nitrogen and oxygen atoms in total. The number of carbonyl (C=O) groups excluding carboxylic acids is 1. The van der Waals surface area contributed by atoms with E-state index in [9.17, 15) is 14.9 Å². The van der Waals surface area contributed by atoms with Gasteiger partial charge in [-0.2, -0.15) is 9.78 Å². The highest BCUT2D eigenvalue weighted by molar-refractivity contribution is 6.35. The Morgan fingerprint density at radius 3 is 2.55 bits per heavy atom. The largest absolute Gasteiger partial charge is 0.408 e. The van der Waals surface area contributed by atoms with Crippen molar-refractivity contribution in [3.05, 3.63) is 65.9 Å². The SMILES string of the molecule is Cc1c(Cl)c([N+](=O)[O-])nn1CC(=O)Nc1nn(Cc2ccc(Cl)cc2Cl)cc1Cl. The topological polar surface area (TPSA) is 108 Å². The van der Waals surface area contributed by atoms with E-state index in [0.717, 1.165) is 10.2 Å². The number of nitrogens with one attached hydrogen (secondary N) is 1. The molecule has 0 saturated heterocycles. The molecule has 0 fully saturated rings. The van der Waals surface area contributed by atoms with E-state index in [2.05, 4.69) is 15.5 Å². The number of carbonyl (C=O) groups is 1. The number of benzene rings is 1. The molecule has 2 aromatic heterocycles. The second kappa shape index (κ2) is 8.58. The average Bonchev–Trinajstić information content (AvgIpc) is 3.11. The molecule has 1 N–H and O–H groups in total. The predicted molar refractivity (Wildman–Crippen MR) is 110 cm³/mol. The van der Waals surface area contributed by atoms with Crippen molar-refractivity contribution in [1.82, 2.24) is 19.6 Å². The van der Waals surface area contributed by atoms with E-state index in [1.54, 1.807) is 18.2 Å². The van der Waals surface area contributed by atoms with Crippen LogP contribution in [-0.4, -0.2) is 30.4 Å². The lowest BCUT2D eigenvalue weighted by atomic mass is 10.2. The van der Waals surface area contributed by atoms with Gasteiger partial charge in [-0.05, 0) is 29.5 Å². The summed E-state index contributed by atoms with van der Waals surface area (Å²) in [6, 6.07) is 5.08. The summed E-state index contributed by atoms with van der Waals surface area (Å²) in [4.78, 5) is 22.5. The molecule has 0 spiro atoms. The van der Waals surface area contributed by atoms with Crippen LogP contribution in [0, 0.1) is 17.0 Å². The van der Waals surface area contributed by atoms with Crippen LogP contribution in [0.15, 0.2) is 24.4 Å². The quantitative estimate of drug-likeness (QED) is 0.412. The summed E-state index contributed by atoms with van der Waals surface area (Å²) in [6.07, 6.45) is 1.53. The van der Waals surface area contributed by atoms with Gasteiger partial charge < -0.3 is 15.4 Å². The van der Waals surface area contributed by atoms with Crippen molar-refractivity contribution in [2.45, 2.75) is 20.0 Å². The smallest absolute Gasteiger partial charge is 0.358 e. The van der Waals surface area contributed by atoms with Gasteiger partial charge in [0, 0.05) is 16.2 Å². The minimum atomic E-state index is -0.718. The summed E-state index contributed by atoms with van der Waals surface area (Å²) < 4.78 is 2.64. The maximum atomic E-state index is 12.3. The summed E-state index contributed by atoms with van der Waals surface area (Å²) in [5.74, 6) is -0.912. The molecule has 2 heterocycles. The third-order valence-corrected chi connectivity index (χ3v) is 5.21. The average molecular weight is 478 g/mol. The van der Waals surface area contributed by atoms with Gasteiger partial charge in [-0.15, -0.1) is 0 Å². The molecule has 13 heteroatoms. The Labute approximate surface area is 184 Å². The number of nitrogens with zero attached hydrogens (tertiary/aromatic N) is 5. The predicted octanol–water partition coefficient (Wildman–Crippen LogP) is 4.60. The third-order valence-electron chi connectivity index (χ3n) is 3.91. The van der Waals surface area contributed by atoms with Gasteiger partial charge in [0.1, 0.15) is 11.6 Å². The Morgan fingerprint density at radius 1 is 1.21 bits per heavy atom. The zero-order chi connectivity index (χ0) is 21.3.